The van der Waals surface area contributed by atoms with E-state index in [1.54, 1.807) is 0 Å². The molecule has 0 radical (unpaired) electrons. The van der Waals surface area contributed by atoms with E-state index in [2.05, 4.69) is 4.74 Å². The van der Waals surface area contributed by atoms with Crippen LogP contribution in [-0.2, 0) is 9.53 Å². The average Bonchev–Trinajstić information content (AvgIpc) is 2.71. The number of carbonyl (C=O) groups excluding carboxylic acids is 2. The number of hydrogen-bond donors (Lipinski definition) is 0. The van der Waals surface area contributed by atoms with Crippen LogP contribution in [0.3, 0.4) is 0 Å². The van der Waals surface area contributed by atoms with Gasteiger partial charge < -0.3 is 9.47 Å². The van der Waals surface area contributed by atoms with Gasteiger partial charge in [-0.1, -0.05) is 11.6 Å². The SMILES string of the molecule is [2H]C([2H])([2H])C(C)(Oc1ccc(C(=O)c2ccc(Cl)cc2)cc1)C(=O)OC([2H])(C([2H])([2H])[2H])C([2H])([2H])[2H]. The van der Waals surface area contributed by atoms with Gasteiger partial charge in [0.05, 0.1) is 7.45 Å². The highest BCUT2D eigenvalue weighted by atomic mass is 35.5. The Bertz CT molecular complexity index is 1060. The Hall–Kier alpha value is -2.33. The Morgan fingerprint density at radius 3 is 2.16 bits per heavy atom. The standard InChI is InChI=1S/C20H21ClO4/c1-13(2)24-19(23)20(3,4)25-17-11-7-15(8-12-17)18(22)14-5-9-16(21)10-6-14/h5-13H,1-4H3/i1D3,2D3,3D3,13D. The lowest BCUT2D eigenvalue weighted by Crippen LogP contribution is -2.40. The van der Waals surface area contributed by atoms with Crippen molar-refractivity contribution in [1.29, 1.82) is 0 Å². The predicted molar refractivity (Wildman–Crippen MR) is 97.3 cm³/mol. The van der Waals surface area contributed by atoms with E-state index in [9.17, 15) is 9.59 Å². The van der Waals surface area contributed by atoms with Crippen molar-refractivity contribution in [3.8, 4) is 5.75 Å². The molecule has 0 fully saturated rings. The van der Waals surface area contributed by atoms with Crippen LogP contribution in [0.5, 0.6) is 5.75 Å². The first-order valence-electron chi connectivity index (χ1n) is 12.1. The molecule has 0 saturated heterocycles. The summed E-state index contributed by atoms with van der Waals surface area (Å²) in [6.07, 6.45) is -3.75. The van der Waals surface area contributed by atoms with Crippen LogP contribution in [0.15, 0.2) is 48.5 Å². The van der Waals surface area contributed by atoms with Crippen molar-refractivity contribution >= 4 is 23.4 Å². The topological polar surface area (TPSA) is 52.6 Å². The molecule has 1 atom stereocenters. The Morgan fingerprint density at radius 1 is 1.08 bits per heavy atom. The molecule has 5 heteroatoms. The van der Waals surface area contributed by atoms with Gasteiger partial charge in [0.1, 0.15) is 5.75 Å². The molecule has 2 aromatic carbocycles. The molecule has 0 aliphatic heterocycles. The van der Waals surface area contributed by atoms with Crippen LogP contribution in [0.1, 0.15) is 57.1 Å². The third-order valence-corrected chi connectivity index (χ3v) is 3.38. The van der Waals surface area contributed by atoms with Gasteiger partial charge in [-0.25, -0.2) is 4.79 Å². The summed E-state index contributed by atoms with van der Waals surface area (Å²) in [7, 11) is 0. The van der Waals surface area contributed by atoms with Gasteiger partial charge in [0, 0.05) is 28.5 Å². The number of carbonyl (C=O) groups is 2. The highest BCUT2D eigenvalue weighted by Crippen LogP contribution is 2.22. The monoisotopic (exact) mass is 370 g/mol. The van der Waals surface area contributed by atoms with Crippen LogP contribution in [0.25, 0.3) is 0 Å². The van der Waals surface area contributed by atoms with E-state index in [4.69, 9.17) is 30.0 Å². The zero-order valence-electron chi connectivity index (χ0n) is 23.1. The minimum absolute atomic E-state index is 0.202. The lowest BCUT2D eigenvalue weighted by atomic mass is 10.0. The Labute approximate surface area is 166 Å². The zero-order chi connectivity index (χ0) is 27.0. The van der Waals surface area contributed by atoms with E-state index in [1.807, 2.05) is 0 Å². The minimum Gasteiger partial charge on any atom is -0.476 e. The number of esters is 1. The lowest BCUT2D eigenvalue weighted by Gasteiger charge is -2.25. The molecule has 0 aliphatic rings. The van der Waals surface area contributed by atoms with Gasteiger partial charge in [-0.15, -0.1) is 0 Å². The van der Waals surface area contributed by atoms with Crippen molar-refractivity contribution in [3.63, 3.8) is 0 Å². The van der Waals surface area contributed by atoms with Crippen LogP contribution in [0.4, 0.5) is 0 Å². The zero-order valence-corrected chi connectivity index (χ0v) is 13.9. The van der Waals surface area contributed by atoms with E-state index >= 15 is 0 Å². The van der Waals surface area contributed by atoms with E-state index in [1.165, 1.54) is 48.5 Å². The van der Waals surface area contributed by atoms with E-state index < -0.39 is 38.2 Å². The maximum absolute atomic E-state index is 12.8. The van der Waals surface area contributed by atoms with Gasteiger partial charge in [0.2, 0.25) is 0 Å². The molecule has 0 aliphatic carbocycles. The van der Waals surface area contributed by atoms with Crippen molar-refractivity contribution in [2.24, 2.45) is 0 Å². The molecule has 0 N–H and O–H groups in total. The average molecular weight is 371 g/mol. The molecular weight excluding hydrogens is 340 g/mol. The van der Waals surface area contributed by atoms with Gasteiger partial charge in [0.15, 0.2) is 11.4 Å². The van der Waals surface area contributed by atoms with Gasteiger partial charge in [-0.2, -0.15) is 0 Å². The predicted octanol–water partition coefficient (Wildman–Crippen LogP) is 4.68. The van der Waals surface area contributed by atoms with Gasteiger partial charge in [-0.3, -0.25) is 4.79 Å². The molecule has 0 aromatic heterocycles. The number of ether oxygens (including phenoxy) is 2. The summed E-state index contributed by atoms with van der Waals surface area (Å²) in [6, 6.07) is 11.1. The van der Waals surface area contributed by atoms with Gasteiger partial charge in [-0.05, 0) is 76.0 Å². The molecule has 0 spiro atoms. The molecule has 1 unspecified atom stereocenters. The number of halogens is 1. The molecule has 4 nitrogen and oxygen atoms in total. The van der Waals surface area contributed by atoms with Crippen molar-refractivity contribution in [2.45, 2.75) is 39.2 Å². The van der Waals surface area contributed by atoms with E-state index in [-0.39, 0.29) is 17.1 Å². The summed E-state index contributed by atoms with van der Waals surface area (Å²) in [4.78, 5) is 25.4. The number of ketones is 1. The molecule has 25 heavy (non-hydrogen) atoms. The van der Waals surface area contributed by atoms with Gasteiger partial charge >= 0.3 is 5.97 Å². The van der Waals surface area contributed by atoms with Crippen molar-refractivity contribution in [2.75, 3.05) is 0 Å². The maximum Gasteiger partial charge on any atom is 0.350 e. The highest BCUT2D eigenvalue weighted by molar-refractivity contribution is 6.30. The number of rotatable bonds is 6. The van der Waals surface area contributed by atoms with Crippen LogP contribution >= 0.6 is 11.6 Å². The highest BCUT2D eigenvalue weighted by Gasteiger charge is 2.32. The summed E-state index contributed by atoms with van der Waals surface area (Å²) in [5.41, 5.74) is -2.36. The summed E-state index contributed by atoms with van der Waals surface area (Å²) in [6.45, 7) is -9.78. The molecule has 2 rings (SSSR count). The largest absolute Gasteiger partial charge is 0.476 e. The summed E-state index contributed by atoms with van der Waals surface area (Å²) in [5, 5.41) is 0.440. The molecule has 0 bridgehead atoms. The molecule has 0 saturated carbocycles. The fourth-order valence-corrected chi connectivity index (χ4v) is 2.04. The maximum atomic E-state index is 12.8. The molecule has 2 aromatic rings. The van der Waals surface area contributed by atoms with Crippen LogP contribution < -0.4 is 4.74 Å². The minimum atomic E-state index is -3.75. The second-order valence-corrected chi connectivity index (χ2v) is 5.65. The second kappa shape index (κ2) is 7.70. The van der Waals surface area contributed by atoms with E-state index in [0.717, 1.165) is 6.92 Å². The molecular formula is C20H21ClO4. The smallest absolute Gasteiger partial charge is 0.350 e. The first-order valence-corrected chi connectivity index (χ1v) is 7.43. The quantitative estimate of drug-likeness (QED) is 0.547. The van der Waals surface area contributed by atoms with E-state index in [0.29, 0.717) is 10.6 Å². The number of benzene rings is 2. The fourth-order valence-electron chi connectivity index (χ4n) is 1.91. The first kappa shape index (κ1) is 9.39. The van der Waals surface area contributed by atoms with Gasteiger partial charge in [0.25, 0.3) is 0 Å². The van der Waals surface area contributed by atoms with Crippen LogP contribution in [0.2, 0.25) is 5.02 Å². The first-order chi connectivity index (χ1) is 15.7. The van der Waals surface area contributed by atoms with Crippen molar-refractivity contribution < 1.29 is 32.8 Å². The summed E-state index contributed by atoms with van der Waals surface area (Å²) in [5.74, 6) is -2.48. The van der Waals surface area contributed by atoms with Crippen molar-refractivity contribution in [1.82, 2.24) is 0 Å². The third-order valence-electron chi connectivity index (χ3n) is 3.13. The Balaban J connectivity index is 2.36. The second-order valence-electron chi connectivity index (χ2n) is 5.21. The Kier molecular flexibility index (Phi) is 2.89. The van der Waals surface area contributed by atoms with Crippen molar-refractivity contribution in [3.05, 3.63) is 64.7 Å². The van der Waals surface area contributed by atoms with Crippen LogP contribution in [-0.4, -0.2) is 23.4 Å². The number of hydrogen-bond acceptors (Lipinski definition) is 4. The molecule has 0 amide bonds. The van der Waals surface area contributed by atoms with Crippen LogP contribution in [0, 0.1) is 0 Å². The Morgan fingerprint density at radius 2 is 1.64 bits per heavy atom. The molecule has 0 heterocycles. The normalized spacial score (nSPS) is 21.0. The summed E-state index contributed by atoms with van der Waals surface area (Å²) < 4.78 is 85.0. The third kappa shape index (κ3) is 5.07. The summed E-state index contributed by atoms with van der Waals surface area (Å²) >= 11 is 5.81. The molecule has 132 valence electrons. The lowest BCUT2D eigenvalue weighted by molar-refractivity contribution is -0.163. The fraction of sp³-hybridized carbons (Fsp3) is 0.300.